The fourth-order valence-corrected chi connectivity index (χ4v) is 3.14. The van der Waals surface area contributed by atoms with E-state index >= 15 is 0 Å². The average molecular weight is 371 g/mol. The lowest BCUT2D eigenvalue weighted by molar-refractivity contribution is 0.0526. The number of ether oxygens (including phenoxy) is 1. The molecule has 1 atom stereocenters. The van der Waals surface area contributed by atoms with Crippen LogP contribution in [0.15, 0.2) is 42.5 Å². The maximum Gasteiger partial charge on any atom is 0.338 e. The van der Waals surface area contributed by atoms with Crippen molar-refractivity contribution in [1.82, 2.24) is 5.32 Å². The molecule has 2 rings (SSSR count). The van der Waals surface area contributed by atoms with Gasteiger partial charge in [-0.2, -0.15) is 0 Å². The number of esters is 1. The monoisotopic (exact) mass is 370 g/mol. The quantitative estimate of drug-likeness (QED) is 0.558. The number of benzene rings is 2. The minimum Gasteiger partial charge on any atom is -0.462 e. The largest absolute Gasteiger partial charge is 0.462 e. The van der Waals surface area contributed by atoms with Crippen molar-refractivity contribution in [3.05, 3.63) is 64.7 Å². The lowest BCUT2D eigenvalue weighted by Crippen LogP contribution is -2.32. The molecule has 2 N–H and O–H groups in total. The number of thiocarbonyl (C=S) groups is 1. The molecule has 26 heavy (non-hydrogen) atoms. The first-order chi connectivity index (χ1) is 12.4. The number of nitrogens with one attached hydrogen (secondary N) is 2. The summed E-state index contributed by atoms with van der Waals surface area (Å²) < 4.78 is 5.04. The molecule has 4 nitrogen and oxygen atoms in total. The Kier molecular flexibility index (Phi) is 7.16. The highest BCUT2D eigenvalue weighted by atomic mass is 32.1. The van der Waals surface area contributed by atoms with Crippen molar-refractivity contribution in [3.63, 3.8) is 0 Å². The minimum atomic E-state index is -0.336. The van der Waals surface area contributed by atoms with Gasteiger partial charge in [-0.1, -0.05) is 36.8 Å². The van der Waals surface area contributed by atoms with E-state index in [0.717, 1.165) is 12.1 Å². The lowest BCUT2D eigenvalue weighted by atomic mass is 9.98. The van der Waals surface area contributed by atoms with Crippen LogP contribution in [0.4, 0.5) is 5.69 Å². The zero-order valence-electron chi connectivity index (χ0n) is 15.8. The first-order valence-electron chi connectivity index (χ1n) is 8.86. The maximum atomic E-state index is 11.9. The van der Waals surface area contributed by atoms with Gasteiger partial charge in [0, 0.05) is 5.69 Å². The second-order valence-electron chi connectivity index (χ2n) is 6.22. The predicted molar refractivity (Wildman–Crippen MR) is 111 cm³/mol. The van der Waals surface area contributed by atoms with Crippen LogP contribution in [0.1, 0.15) is 53.4 Å². The first kappa shape index (κ1) is 19.9. The zero-order valence-corrected chi connectivity index (χ0v) is 16.6. The normalized spacial score (nSPS) is 11.5. The molecule has 2 aromatic rings. The standard InChI is InChI=1S/C21H26N2O2S/c1-5-19(18-11-10-14(3)12-15(18)4)23-21(26)22-17-9-7-8-16(13-17)20(24)25-6-2/h7-13,19H,5-6H2,1-4H3,(H2,22,23,26)/t19-/m0/s1. The van der Waals surface area contributed by atoms with Crippen molar-refractivity contribution in [2.45, 2.75) is 40.2 Å². The van der Waals surface area contributed by atoms with Gasteiger partial charge in [0.15, 0.2) is 5.11 Å². The summed E-state index contributed by atoms with van der Waals surface area (Å²) in [6.07, 6.45) is 0.911. The minimum absolute atomic E-state index is 0.129. The van der Waals surface area contributed by atoms with Gasteiger partial charge in [0.05, 0.1) is 18.2 Å². The van der Waals surface area contributed by atoms with Gasteiger partial charge in [-0.3, -0.25) is 0 Å². The number of hydrogen-bond acceptors (Lipinski definition) is 3. The van der Waals surface area contributed by atoms with Crippen LogP contribution in [0.25, 0.3) is 0 Å². The molecule has 0 saturated carbocycles. The summed E-state index contributed by atoms with van der Waals surface area (Å²) in [6.45, 7) is 8.47. The van der Waals surface area contributed by atoms with Gasteiger partial charge < -0.3 is 15.4 Å². The van der Waals surface area contributed by atoms with Crippen LogP contribution in [0.5, 0.6) is 0 Å². The van der Waals surface area contributed by atoms with Gasteiger partial charge >= 0.3 is 5.97 Å². The summed E-state index contributed by atoms with van der Waals surface area (Å²) in [5, 5.41) is 7.05. The van der Waals surface area contributed by atoms with Gasteiger partial charge in [0.25, 0.3) is 0 Å². The summed E-state index contributed by atoms with van der Waals surface area (Å²) in [5.41, 5.74) is 4.99. The molecule has 0 radical (unpaired) electrons. The van der Waals surface area contributed by atoms with Crippen LogP contribution in [0.3, 0.4) is 0 Å². The Morgan fingerprint density at radius 1 is 1.15 bits per heavy atom. The van der Waals surface area contributed by atoms with Crippen molar-refractivity contribution < 1.29 is 9.53 Å². The molecular weight excluding hydrogens is 344 g/mol. The molecule has 0 heterocycles. The Morgan fingerprint density at radius 3 is 2.58 bits per heavy atom. The molecule has 0 aliphatic heterocycles. The Morgan fingerprint density at radius 2 is 1.92 bits per heavy atom. The Labute approximate surface area is 161 Å². The van der Waals surface area contributed by atoms with E-state index in [1.54, 1.807) is 25.1 Å². The Hall–Kier alpha value is -2.40. The summed E-state index contributed by atoms with van der Waals surface area (Å²) in [7, 11) is 0. The number of carbonyl (C=O) groups excluding carboxylic acids is 1. The molecule has 0 amide bonds. The van der Waals surface area contributed by atoms with Gasteiger partial charge in [-0.15, -0.1) is 0 Å². The third-order valence-electron chi connectivity index (χ3n) is 4.15. The Bertz CT molecular complexity index is 789. The van der Waals surface area contributed by atoms with E-state index in [4.69, 9.17) is 17.0 Å². The van der Waals surface area contributed by atoms with Crippen molar-refractivity contribution >= 4 is 29.0 Å². The number of rotatable bonds is 6. The van der Waals surface area contributed by atoms with Gasteiger partial charge in [-0.25, -0.2) is 4.79 Å². The molecule has 0 spiro atoms. The van der Waals surface area contributed by atoms with Gasteiger partial charge in [0.2, 0.25) is 0 Å². The fraction of sp³-hybridized carbons (Fsp3) is 0.333. The first-order valence-corrected chi connectivity index (χ1v) is 9.27. The van der Waals surface area contributed by atoms with Crippen molar-refractivity contribution in [2.75, 3.05) is 11.9 Å². The number of anilines is 1. The third kappa shape index (κ3) is 5.30. The third-order valence-corrected chi connectivity index (χ3v) is 4.37. The molecule has 138 valence electrons. The summed E-state index contributed by atoms with van der Waals surface area (Å²) in [6, 6.07) is 13.7. The second-order valence-corrected chi connectivity index (χ2v) is 6.63. The predicted octanol–water partition coefficient (Wildman–Crippen LogP) is 4.92. The molecule has 0 bridgehead atoms. The number of aryl methyl sites for hydroxylation is 2. The Balaban J connectivity index is 2.07. The second kappa shape index (κ2) is 9.34. The van der Waals surface area contributed by atoms with E-state index in [9.17, 15) is 4.79 Å². The van der Waals surface area contributed by atoms with E-state index in [1.165, 1.54) is 16.7 Å². The smallest absolute Gasteiger partial charge is 0.338 e. The van der Waals surface area contributed by atoms with E-state index in [0.29, 0.717) is 17.3 Å². The van der Waals surface area contributed by atoms with E-state index < -0.39 is 0 Å². The van der Waals surface area contributed by atoms with E-state index in [1.807, 2.05) is 6.07 Å². The highest BCUT2D eigenvalue weighted by Crippen LogP contribution is 2.22. The maximum absolute atomic E-state index is 11.9. The van der Waals surface area contributed by atoms with Crippen LogP contribution < -0.4 is 10.6 Å². The fourth-order valence-electron chi connectivity index (χ4n) is 2.88. The van der Waals surface area contributed by atoms with Crippen LogP contribution in [-0.4, -0.2) is 17.7 Å². The molecule has 0 unspecified atom stereocenters. The topological polar surface area (TPSA) is 50.4 Å². The van der Waals surface area contributed by atoms with Crippen molar-refractivity contribution in [3.8, 4) is 0 Å². The average Bonchev–Trinajstić information content (AvgIpc) is 2.60. The summed E-state index contributed by atoms with van der Waals surface area (Å²) >= 11 is 5.47. The van der Waals surface area contributed by atoms with Crippen molar-refractivity contribution in [1.29, 1.82) is 0 Å². The molecule has 0 fully saturated rings. The van der Waals surface area contributed by atoms with Gasteiger partial charge in [-0.05, 0) is 68.7 Å². The van der Waals surface area contributed by atoms with Crippen LogP contribution >= 0.6 is 12.2 Å². The lowest BCUT2D eigenvalue weighted by Gasteiger charge is -2.22. The molecule has 0 aliphatic carbocycles. The van der Waals surface area contributed by atoms with Crippen molar-refractivity contribution in [2.24, 2.45) is 0 Å². The van der Waals surface area contributed by atoms with E-state index in [-0.39, 0.29) is 12.0 Å². The summed E-state index contributed by atoms with van der Waals surface area (Å²) in [5.74, 6) is -0.336. The van der Waals surface area contributed by atoms with Crippen LogP contribution in [0.2, 0.25) is 0 Å². The van der Waals surface area contributed by atoms with Crippen LogP contribution in [-0.2, 0) is 4.74 Å². The number of hydrogen-bond donors (Lipinski definition) is 2. The van der Waals surface area contributed by atoms with Crippen LogP contribution in [0, 0.1) is 13.8 Å². The number of carbonyl (C=O) groups is 1. The SMILES string of the molecule is CCOC(=O)c1cccc(NC(=S)N[C@@H](CC)c2ccc(C)cc2C)c1. The molecular formula is C21H26N2O2S. The molecule has 0 saturated heterocycles. The van der Waals surface area contributed by atoms with E-state index in [2.05, 4.69) is 49.6 Å². The highest BCUT2D eigenvalue weighted by molar-refractivity contribution is 7.80. The molecule has 5 heteroatoms. The zero-order chi connectivity index (χ0) is 19.1. The molecule has 2 aromatic carbocycles. The molecule has 0 aliphatic rings. The molecule has 0 aromatic heterocycles. The summed E-state index contributed by atoms with van der Waals surface area (Å²) in [4.78, 5) is 11.9. The highest BCUT2D eigenvalue weighted by Gasteiger charge is 2.14. The van der Waals surface area contributed by atoms with Gasteiger partial charge in [0.1, 0.15) is 0 Å².